The van der Waals surface area contributed by atoms with E-state index < -0.39 is 0 Å². The van der Waals surface area contributed by atoms with Crippen LogP contribution in [0.15, 0.2) is 36.7 Å². The van der Waals surface area contributed by atoms with Gasteiger partial charge in [0.2, 0.25) is 0 Å². The van der Waals surface area contributed by atoms with E-state index in [4.69, 9.17) is 0 Å². The number of fused-ring (bicyclic) bond motifs is 3. The number of anilines is 1. The van der Waals surface area contributed by atoms with Crippen molar-refractivity contribution >= 4 is 54.1 Å². The van der Waals surface area contributed by atoms with E-state index in [0.29, 0.717) is 10.7 Å². The van der Waals surface area contributed by atoms with Crippen LogP contribution in [0.5, 0.6) is 0 Å². The van der Waals surface area contributed by atoms with Gasteiger partial charge in [-0.15, -0.1) is 11.3 Å². The molecule has 3 heterocycles. The highest BCUT2D eigenvalue weighted by molar-refractivity contribution is 7.28. The van der Waals surface area contributed by atoms with Crippen LogP contribution in [0, 0.1) is 6.92 Å². The predicted octanol–water partition coefficient (Wildman–Crippen LogP) is 3.86. The first kappa shape index (κ1) is 13.3. The van der Waals surface area contributed by atoms with E-state index >= 15 is 0 Å². The third-order valence-electron chi connectivity index (χ3n) is 3.18. The van der Waals surface area contributed by atoms with Crippen molar-refractivity contribution in [2.75, 3.05) is 5.32 Å². The van der Waals surface area contributed by atoms with E-state index in [-0.39, 0.29) is 5.91 Å². The van der Waals surface area contributed by atoms with E-state index in [9.17, 15) is 4.79 Å². The number of thiazole rings is 2. The molecule has 0 aliphatic rings. The number of aryl methyl sites for hydroxylation is 1. The smallest absolute Gasteiger partial charge is 0.257 e. The molecule has 0 fully saturated rings. The number of hydrogen-bond donors (Lipinski definition) is 1. The number of aromatic nitrogens is 3. The first-order chi connectivity index (χ1) is 10.7. The Morgan fingerprint density at radius 3 is 2.45 bits per heavy atom. The van der Waals surface area contributed by atoms with Gasteiger partial charge >= 0.3 is 0 Å². The molecule has 3 aromatic heterocycles. The lowest BCUT2D eigenvalue weighted by atomic mass is 10.2. The molecule has 0 radical (unpaired) electrons. The van der Waals surface area contributed by atoms with E-state index in [1.165, 1.54) is 11.3 Å². The Bertz CT molecular complexity index is 991. The van der Waals surface area contributed by atoms with Gasteiger partial charge in [-0.05, 0) is 31.2 Å². The van der Waals surface area contributed by atoms with Gasteiger partial charge in [-0.1, -0.05) is 11.3 Å². The van der Waals surface area contributed by atoms with Crippen LogP contribution < -0.4 is 5.32 Å². The maximum Gasteiger partial charge on any atom is 0.257 e. The number of carbonyl (C=O) groups excluding carboxylic acids is 1. The summed E-state index contributed by atoms with van der Waals surface area (Å²) in [5.41, 5.74) is 2.42. The lowest BCUT2D eigenvalue weighted by Crippen LogP contribution is -2.11. The van der Waals surface area contributed by atoms with Crippen LogP contribution in [0.1, 0.15) is 15.4 Å². The molecule has 0 unspecified atom stereocenters. The number of carbonyl (C=O) groups is 1. The molecule has 1 aromatic carbocycles. The summed E-state index contributed by atoms with van der Waals surface area (Å²) in [5.74, 6) is -0.182. The van der Waals surface area contributed by atoms with Crippen LogP contribution in [0.3, 0.4) is 0 Å². The molecule has 0 aliphatic carbocycles. The molecule has 0 saturated heterocycles. The second kappa shape index (κ2) is 5.11. The van der Waals surface area contributed by atoms with Gasteiger partial charge in [0.05, 0.1) is 25.4 Å². The standard InChI is InChI=1S/C15H10N4OS2/c1-8-17-10-2-3-11-13(12(10)21-8)22-15(18-11)19-14(20)9-4-6-16-7-5-9/h2-7H,1H3,(H,18,19,20). The number of benzene rings is 1. The van der Waals surface area contributed by atoms with Gasteiger partial charge in [0, 0.05) is 18.0 Å². The normalized spacial score (nSPS) is 11.1. The summed E-state index contributed by atoms with van der Waals surface area (Å²) >= 11 is 3.12. The zero-order valence-corrected chi connectivity index (χ0v) is 13.2. The summed E-state index contributed by atoms with van der Waals surface area (Å²) in [6.07, 6.45) is 3.19. The minimum Gasteiger partial charge on any atom is -0.298 e. The number of pyridine rings is 1. The average Bonchev–Trinajstić information content (AvgIpc) is 3.09. The average molecular weight is 326 g/mol. The summed E-state index contributed by atoms with van der Waals surface area (Å²) in [6.45, 7) is 1.99. The summed E-state index contributed by atoms with van der Waals surface area (Å²) in [7, 11) is 0. The third kappa shape index (κ3) is 2.24. The van der Waals surface area contributed by atoms with Crippen LogP contribution >= 0.6 is 22.7 Å². The van der Waals surface area contributed by atoms with Crippen LogP contribution in [-0.2, 0) is 0 Å². The zero-order valence-electron chi connectivity index (χ0n) is 11.5. The summed E-state index contributed by atoms with van der Waals surface area (Å²) in [5, 5.41) is 4.46. The number of nitrogens with one attached hydrogen (secondary N) is 1. The second-order valence-electron chi connectivity index (χ2n) is 4.70. The molecule has 4 aromatic rings. The van der Waals surface area contributed by atoms with Crippen molar-refractivity contribution < 1.29 is 4.79 Å². The summed E-state index contributed by atoms with van der Waals surface area (Å²) in [6, 6.07) is 7.26. The Morgan fingerprint density at radius 2 is 1.68 bits per heavy atom. The van der Waals surface area contributed by atoms with Gasteiger partial charge in [-0.2, -0.15) is 0 Å². The van der Waals surface area contributed by atoms with Crippen molar-refractivity contribution in [3.8, 4) is 0 Å². The topological polar surface area (TPSA) is 67.8 Å². The zero-order chi connectivity index (χ0) is 15.1. The number of amides is 1. The van der Waals surface area contributed by atoms with E-state index in [2.05, 4.69) is 20.3 Å². The third-order valence-corrected chi connectivity index (χ3v) is 5.32. The molecule has 0 saturated carbocycles. The molecule has 0 spiro atoms. The number of rotatable bonds is 2. The van der Waals surface area contributed by atoms with Crippen LogP contribution in [0.4, 0.5) is 5.13 Å². The molecule has 5 nitrogen and oxygen atoms in total. The predicted molar refractivity (Wildman–Crippen MR) is 89.7 cm³/mol. The number of hydrogen-bond acceptors (Lipinski definition) is 6. The fraction of sp³-hybridized carbons (Fsp3) is 0.0667. The lowest BCUT2D eigenvalue weighted by Gasteiger charge is -1.99. The Morgan fingerprint density at radius 1 is 1.00 bits per heavy atom. The molecular weight excluding hydrogens is 316 g/mol. The molecule has 1 N–H and O–H groups in total. The monoisotopic (exact) mass is 326 g/mol. The molecular formula is C15H10N4OS2. The molecule has 0 aliphatic heterocycles. The van der Waals surface area contributed by atoms with Gasteiger partial charge in [-0.25, -0.2) is 9.97 Å². The minimum absolute atomic E-state index is 0.182. The van der Waals surface area contributed by atoms with E-state index in [1.54, 1.807) is 35.9 Å². The van der Waals surface area contributed by atoms with Gasteiger partial charge in [0.1, 0.15) is 0 Å². The lowest BCUT2D eigenvalue weighted by molar-refractivity contribution is 0.102. The van der Waals surface area contributed by atoms with Crippen molar-refractivity contribution in [1.82, 2.24) is 15.0 Å². The summed E-state index contributed by atoms with van der Waals surface area (Å²) in [4.78, 5) is 25.1. The highest BCUT2D eigenvalue weighted by atomic mass is 32.1. The molecule has 7 heteroatoms. The molecule has 108 valence electrons. The van der Waals surface area contributed by atoms with E-state index in [1.807, 2.05) is 19.1 Å². The van der Waals surface area contributed by atoms with Gasteiger partial charge < -0.3 is 0 Å². The van der Waals surface area contributed by atoms with Gasteiger partial charge in [0.25, 0.3) is 5.91 Å². The Labute approximate surface area is 133 Å². The van der Waals surface area contributed by atoms with Crippen molar-refractivity contribution in [2.24, 2.45) is 0 Å². The highest BCUT2D eigenvalue weighted by Gasteiger charge is 2.13. The minimum atomic E-state index is -0.182. The highest BCUT2D eigenvalue weighted by Crippen LogP contribution is 2.35. The van der Waals surface area contributed by atoms with Crippen molar-refractivity contribution in [3.05, 3.63) is 47.2 Å². The van der Waals surface area contributed by atoms with Crippen molar-refractivity contribution in [1.29, 1.82) is 0 Å². The SMILES string of the molecule is Cc1nc2ccc3nc(NC(=O)c4ccncc4)sc3c2s1. The largest absolute Gasteiger partial charge is 0.298 e. The van der Waals surface area contributed by atoms with Crippen molar-refractivity contribution in [3.63, 3.8) is 0 Å². The second-order valence-corrected chi connectivity index (χ2v) is 6.91. The van der Waals surface area contributed by atoms with Crippen LogP contribution in [0.2, 0.25) is 0 Å². The fourth-order valence-electron chi connectivity index (χ4n) is 2.21. The molecule has 1 amide bonds. The molecule has 4 rings (SSSR count). The molecule has 0 bridgehead atoms. The number of nitrogens with zero attached hydrogens (tertiary/aromatic N) is 3. The Balaban J connectivity index is 1.73. The van der Waals surface area contributed by atoms with E-state index in [0.717, 1.165) is 25.4 Å². The van der Waals surface area contributed by atoms with Crippen LogP contribution in [-0.4, -0.2) is 20.9 Å². The molecule has 0 atom stereocenters. The van der Waals surface area contributed by atoms with Gasteiger partial charge in [0.15, 0.2) is 5.13 Å². The quantitative estimate of drug-likeness (QED) is 0.607. The Kier molecular flexibility index (Phi) is 3.09. The first-order valence-electron chi connectivity index (χ1n) is 6.59. The maximum absolute atomic E-state index is 12.2. The summed E-state index contributed by atoms with van der Waals surface area (Å²) < 4.78 is 2.19. The molecule has 22 heavy (non-hydrogen) atoms. The van der Waals surface area contributed by atoms with Crippen molar-refractivity contribution in [2.45, 2.75) is 6.92 Å². The fourth-order valence-corrected chi connectivity index (χ4v) is 4.21. The van der Waals surface area contributed by atoms with Gasteiger partial charge in [-0.3, -0.25) is 15.1 Å². The maximum atomic E-state index is 12.2. The van der Waals surface area contributed by atoms with Crippen LogP contribution in [0.25, 0.3) is 20.4 Å². The Hall–Kier alpha value is -2.38. The first-order valence-corrected chi connectivity index (χ1v) is 8.22.